The molecule has 2 N–H and O–H groups in total. The van der Waals surface area contributed by atoms with Crippen molar-refractivity contribution in [3.63, 3.8) is 0 Å². The Labute approximate surface area is 129 Å². The van der Waals surface area contributed by atoms with Gasteiger partial charge in [0.25, 0.3) is 0 Å². The minimum atomic E-state index is -0.0536. The van der Waals surface area contributed by atoms with E-state index in [9.17, 15) is 10.2 Å². The Hall–Kier alpha value is -0.0800. The summed E-state index contributed by atoms with van der Waals surface area (Å²) in [5.41, 5.74) is 0.676. The van der Waals surface area contributed by atoms with Gasteiger partial charge in [-0.15, -0.1) is 0 Å². The Balaban J connectivity index is 1.62. The van der Waals surface area contributed by atoms with Crippen molar-refractivity contribution in [2.75, 3.05) is 0 Å². The van der Waals surface area contributed by atoms with E-state index >= 15 is 0 Å². The maximum Gasteiger partial charge on any atom is 0.0596 e. The van der Waals surface area contributed by atoms with Gasteiger partial charge in [0.15, 0.2) is 0 Å². The fourth-order valence-electron chi connectivity index (χ4n) is 7.21. The molecule has 4 fully saturated rings. The monoisotopic (exact) mass is 292 g/mol. The number of aliphatic hydroxyl groups excluding tert-OH is 2. The average molecular weight is 292 g/mol. The highest BCUT2D eigenvalue weighted by molar-refractivity contribution is 5.09. The number of aliphatic hydroxyl groups is 2. The van der Waals surface area contributed by atoms with Gasteiger partial charge in [-0.1, -0.05) is 13.8 Å². The van der Waals surface area contributed by atoms with Gasteiger partial charge in [0, 0.05) is 0 Å². The van der Waals surface area contributed by atoms with Crippen LogP contribution in [0.25, 0.3) is 0 Å². The third kappa shape index (κ3) is 1.91. The standard InChI is InChI=1S/C19H32O2/c1-18-9-7-13(20)11-12(18)3-4-14-15-5-6-17(21)19(15,2)10-8-16(14)18/h12-17,20-21H,3-11H2,1-2H3/t12?,13-,14?,15?,16?,17+,18-,19-/m0/s1. The number of hydrogen-bond acceptors (Lipinski definition) is 2. The molecule has 8 atom stereocenters. The summed E-state index contributed by atoms with van der Waals surface area (Å²) in [4.78, 5) is 0. The first kappa shape index (κ1) is 14.5. The van der Waals surface area contributed by atoms with E-state index in [4.69, 9.17) is 0 Å². The molecule has 0 aromatic rings. The van der Waals surface area contributed by atoms with Crippen LogP contribution in [-0.2, 0) is 0 Å². The number of hydrogen-bond donors (Lipinski definition) is 2. The predicted molar refractivity (Wildman–Crippen MR) is 83.7 cm³/mol. The van der Waals surface area contributed by atoms with E-state index in [-0.39, 0.29) is 17.6 Å². The smallest absolute Gasteiger partial charge is 0.0596 e. The van der Waals surface area contributed by atoms with Crippen molar-refractivity contribution in [1.82, 2.24) is 0 Å². The van der Waals surface area contributed by atoms with E-state index in [1.165, 1.54) is 38.5 Å². The maximum absolute atomic E-state index is 10.5. The van der Waals surface area contributed by atoms with E-state index in [0.717, 1.165) is 42.9 Å². The summed E-state index contributed by atoms with van der Waals surface area (Å²) in [7, 11) is 0. The van der Waals surface area contributed by atoms with Crippen LogP contribution in [0.5, 0.6) is 0 Å². The number of rotatable bonds is 0. The van der Waals surface area contributed by atoms with Crippen LogP contribution in [0.4, 0.5) is 0 Å². The first-order valence-electron chi connectivity index (χ1n) is 9.31. The molecule has 0 aliphatic heterocycles. The SMILES string of the molecule is C[C@]12CC[C@H](O)CC1CCC1C2CC[C@@]2(C)C1CC[C@H]2O. The van der Waals surface area contributed by atoms with Crippen molar-refractivity contribution in [3.8, 4) is 0 Å². The molecule has 0 aromatic carbocycles. The Kier molecular flexibility index (Phi) is 3.25. The van der Waals surface area contributed by atoms with Crippen LogP contribution in [0.1, 0.15) is 71.6 Å². The molecule has 4 aliphatic carbocycles. The first-order valence-corrected chi connectivity index (χ1v) is 9.31. The molecule has 4 aliphatic rings. The van der Waals surface area contributed by atoms with Crippen molar-refractivity contribution in [1.29, 1.82) is 0 Å². The number of fused-ring (bicyclic) bond motifs is 5. The molecule has 4 unspecified atom stereocenters. The molecule has 0 radical (unpaired) electrons. The zero-order valence-corrected chi connectivity index (χ0v) is 13.7. The van der Waals surface area contributed by atoms with Crippen molar-refractivity contribution in [2.45, 2.75) is 83.8 Å². The second-order valence-corrected chi connectivity index (χ2v) is 9.22. The Morgan fingerprint density at radius 3 is 2.29 bits per heavy atom. The van der Waals surface area contributed by atoms with Crippen molar-refractivity contribution in [3.05, 3.63) is 0 Å². The van der Waals surface area contributed by atoms with Crippen molar-refractivity contribution < 1.29 is 10.2 Å². The lowest BCUT2D eigenvalue weighted by atomic mass is 9.45. The second-order valence-electron chi connectivity index (χ2n) is 9.22. The fraction of sp³-hybridized carbons (Fsp3) is 1.00. The second kappa shape index (κ2) is 4.71. The summed E-state index contributed by atoms with van der Waals surface area (Å²) in [6.07, 6.45) is 10.7. The molecule has 0 amide bonds. The van der Waals surface area contributed by atoms with Gasteiger partial charge in [0.1, 0.15) is 0 Å². The van der Waals surface area contributed by atoms with E-state index in [1.54, 1.807) is 0 Å². The maximum atomic E-state index is 10.5. The largest absolute Gasteiger partial charge is 0.393 e. The lowest BCUT2D eigenvalue weighted by molar-refractivity contribution is -0.133. The van der Waals surface area contributed by atoms with Gasteiger partial charge in [-0.3, -0.25) is 0 Å². The zero-order valence-electron chi connectivity index (χ0n) is 13.7. The van der Waals surface area contributed by atoms with E-state index < -0.39 is 0 Å². The summed E-state index contributed by atoms with van der Waals surface area (Å²) >= 11 is 0. The predicted octanol–water partition coefficient (Wildman–Crippen LogP) is 3.75. The molecule has 4 saturated carbocycles. The molecule has 0 saturated heterocycles. The molecule has 2 heteroatoms. The molecule has 0 bridgehead atoms. The van der Waals surface area contributed by atoms with Crippen LogP contribution in [0.15, 0.2) is 0 Å². The Morgan fingerprint density at radius 2 is 1.48 bits per heavy atom. The zero-order chi connectivity index (χ0) is 14.8. The van der Waals surface area contributed by atoms with Gasteiger partial charge in [0.2, 0.25) is 0 Å². The third-order valence-corrected chi connectivity index (χ3v) is 8.59. The lowest BCUT2D eigenvalue weighted by Gasteiger charge is -2.60. The van der Waals surface area contributed by atoms with E-state index in [1.807, 2.05) is 0 Å². The molecular weight excluding hydrogens is 260 g/mol. The quantitative estimate of drug-likeness (QED) is 0.714. The first-order chi connectivity index (χ1) is 9.95. The Bertz CT molecular complexity index is 422. The average Bonchev–Trinajstić information content (AvgIpc) is 2.76. The minimum Gasteiger partial charge on any atom is -0.393 e. The summed E-state index contributed by atoms with van der Waals surface area (Å²) in [5.74, 6) is 3.21. The third-order valence-electron chi connectivity index (χ3n) is 8.59. The highest BCUT2D eigenvalue weighted by Crippen LogP contribution is 2.66. The topological polar surface area (TPSA) is 40.5 Å². The summed E-state index contributed by atoms with van der Waals surface area (Å²) < 4.78 is 0. The minimum absolute atomic E-state index is 0.0400. The molecule has 120 valence electrons. The summed E-state index contributed by atoms with van der Waals surface area (Å²) in [6.45, 7) is 4.90. The highest BCUT2D eigenvalue weighted by atomic mass is 16.3. The van der Waals surface area contributed by atoms with Crippen LogP contribution in [0, 0.1) is 34.5 Å². The van der Waals surface area contributed by atoms with Gasteiger partial charge in [-0.2, -0.15) is 0 Å². The molecule has 0 heterocycles. The fourth-order valence-corrected chi connectivity index (χ4v) is 7.21. The molecule has 0 spiro atoms. The van der Waals surface area contributed by atoms with E-state index in [2.05, 4.69) is 13.8 Å². The summed E-state index contributed by atoms with van der Waals surface area (Å²) in [5, 5.41) is 20.5. The van der Waals surface area contributed by atoms with Crippen molar-refractivity contribution in [2.24, 2.45) is 34.5 Å². The van der Waals surface area contributed by atoms with Gasteiger partial charge < -0.3 is 10.2 Å². The molecule has 4 rings (SSSR count). The Morgan fingerprint density at radius 1 is 0.762 bits per heavy atom. The van der Waals surface area contributed by atoms with Crippen LogP contribution in [0.3, 0.4) is 0 Å². The lowest BCUT2D eigenvalue weighted by Crippen LogP contribution is -2.54. The van der Waals surface area contributed by atoms with Gasteiger partial charge >= 0.3 is 0 Å². The summed E-state index contributed by atoms with van der Waals surface area (Å²) in [6, 6.07) is 0. The van der Waals surface area contributed by atoms with E-state index in [0.29, 0.717) is 5.41 Å². The highest BCUT2D eigenvalue weighted by Gasteiger charge is 2.59. The van der Waals surface area contributed by atoms with Crippen LogP contribution < -0.4 is 0 Å². The molecule has 21 heavy (non-hydrogen) atoms. The van der Waals surface area contributed by atoms with Gasteiger partial charge in [0.05, 0.1) is 12.2 Å². The normalized spacial score (nSPS) is 60.0. The van der Waals surface area contributed by atoms with Crippen molar-refractivity contribution >= 4 is 0 Å². The van der Waals surface area contributed by atoms with Crippen LogP contribution in [0.2, 0.25) is 0 Å². The molecule has 0 aromatic heterocycles. The molecule has 2 nitrogen and oxygen atoms in total. The molecular formula is C19H32O2. The van der Waals surface area contributed by atoms with Crippen LogP contribution in [-0.4, -0.2) is 22.4 Å². The van der Waals surface area contributed by atoms with Crippen LogP contribution >= 0.6 is 0 Å². The van der Waals surface area contributed by atoms with Gasteiger partial charge in [-0.25, -0.2) is 0 Å². The van der Waals surface area contributed by atoms with Gasteiger partial charge in [-0.05, 0) is 92.3 Å².